The highest BCUT2D eigenvalue weighted by molar-refractivity contribution is 5.86. The fourth-order valence-corrected chi connectivity index (χ4v) is 2.40. The highest BCUT2D eigenvalue weighted by Gasteiger charge is 2.24. The number of fused-ring (bicyclic) bond motifs is 2. The number of hydrogen-bond donors (Lipinski definition) is 0. The summed E-state index contributed by atoms with van der Waals surface area (Å²) in [5.41, 5.74) is 8.76. The first-order valence-corrected chi connectivity index (χ1v) is 5.30. The molecule has 2 aliphatic rings. The lowest BCUT2D eigenvalue weighted by molar-refractivity contribution is 0.948. The molecule has 3 rings (SSSR count). The Labute approximate surface area is 89.9 Å². The molecule has 72 valence electrons. The molecule has 0 radical (unpaired) electrons. The molecule has 0 saturated heterocycles. The molecule has 1 aromatic rings. The Balaban J connectivity index is 2.28. The van der Waals surface area contributed by atoms with Crippen molar-refractivity contribution in [3.63, 3.8) is 0 Å². The maximum atomic E-state index is 3.19. The fraction of sp³-hybridized carbons (Fsp3) is 0.133. The van der Waals surface area contributed by atoms with E-state index in [0.29, 0.717) is 5.92 Å². The van der Waals surface area contributed by atoms with Gasteiger partial charge >= 0.3 is 0 Å². The van der Waals surface area contributed by atoms with Crippen LogP contribution in [-0.4, -0.2) is 0 Å². The summed E-state index contributed by atoms with van der Waals surface area (Å²) < 4.78 is 0. The Morgan fingerprint density at radius 3 is 3.00 bits per heavy atom. The monoisotopic (exact) mass is 192 g/mol. The van der Waals surface area contributed by atoms with Gasteiger partial charge in [-0.2, -0.15) is 0 Å². The third kappa shape index (κ3) is 1.16. The molecule has 0 aliphatic heterocycles. The lowest BCUT2D eigenvalue weighted by Crippen LogP contribution is -1.89. The highest BCUT2D eigenvalue weighted by Crippen LogP contribution is 2.42. The van der Waals surface area contributed by atoms with Crippen LogP contribution in [-0.2, 0) is 0 Å². The van der Waals surface area contributed by atoms with Crippen molar-refractivity contribution in [2.24, 2.45) is 0 Å². The predicted octanol–water partition coefficient (Wildman–Crippen LogP) is 3.84. The Kier molecular flexibility index (Phi) is 1.77. The van der Waals surface area contributed by atoms with Gasteiger partial charge in [-0.05, 0) is 34.4 Å². The van der Waals surface area contributed by atoms with E-state index in [1.807, 2.05) is 6.08 Å². The fourth-order valence-electron chi connectivity index (χ4n) is 2.40. The van der Waals surface area contributed by atoms with E-state index in [0.717, 1.165) is 0 Å². The van der Waals surface area contributed by atoms with Crippen LogP contribution in [0.3, 0.4) is 0 Å². The molecular formula is C15H12. The molecule has 0 aromatic heterocycles. The van der Waals surface area contributed by atoms with Gasteiger partial charge in [0.2, 0.25) is 0 Å². The number of benzene rings is 1. The molecule has 0 heteroatoms. The standard InChI is InChI=1S/C15H12/c1-11-12-7-3-2-4-9-14(12)15-10-6-5-8-13(11)15/h2,4-11H,1H3. The molecule has 0 bridgehead atoms. The van der Waals surface area contributed by atoms with Crippen LogP contribution >= 0.6 is 0 Å². The van der Waals surface area contributed by atoms with Crippen LogP contribution in [0.2, 0.25) is 0 Å². The average Bonchev–Trinajstić information content (AvgIpc) is 2.48. The van der Waals surface area contributed by atoms with Crippen molar-refractivity contribution in [3.05, 3.63) is 71.0 Å². The third-order valence-corrected chi connectivity index (χ3v) is 3.19. The second-order valence-corrected chi connectivity index (χ2v) is 4.01. The summed E-state index contributed by atoms with van der Waals surface area (Å²) in [7, 11) is 0. The minimum Gasteiger partial charge on any atom is -0.120 e. The van der Waals surface area contributed by atoms with Crippen LogP contribution in [0.15, 0.2) is 59.9 Å². The SMILES string of the molecule is CC1C2=C(C=CC=C=C2)c2ccccc21. The zero-order valence-corrected chi connectivity index (χ0v) is 8.70. The van der Waals surface area contributed by atoms with Crippen molar-refractivity contribution >= 4 is 5.57 Å². The summed E-state index contributed by atoms with van der Waals surface area (Å²) in [6.07, 6.45) is 8.33. The number of hydrogen-bond acceptors (Lipinski definition) is 0. The summed E-state index contributed by atoms with van der Waals surface area (Å²) in [5, 5.41) is 0. The summed E-state index contributed by atoms with van der Waals surface area (Å²) in [5.74, 6) is 0.500. The topological polar surface area (TPSA) is 0 Å². The molecule has 0 nitrogen and oxygen atoms in total. The van der Waals surface area contributed by atoms with E-state index in [1.165, 1.54) is 22.3 Å². The Morgan fingerprint density at radius 2 is 2.07 bits per heavy atom. The minimum absolute atomic E-state index is 0.500. The van der Waals surface area contributed by atoms with Crippen LogP contribution in [0.4, 0.5) is 0 Å². The van der Waals surface area contributed by atoms with Crippen molar-refractivity contribution in [2.45, 2.75) is 12.8 Å². The second kappa shape index (κ2) is 3.12. The maximum Gasteiger partial charge on any atom is 0.00794 e. The highest BCUT2D eigenvalue weighted by atomic mass is 14.3. The van der Waals surface area contributed by atoms with Gasteiger partial charge in [0.1, 0.15) is 0 Å². The van der Waals surface area contributed by atoms with Crippen molar-refractivity contribution < 1.29 is 0 Å². The van der Waals surface area contributed by atoms with Gasteiger partial charge in [-0.15, -0.1) is 5.73 Å². The van der Waals surface area contributed by atoms with Crippen LogP contribution in [0, 0.1) is 0 Å². The molecule has 0 saturated carbocycles. The first-order valence-electron chi connectivity index (χ1n) is 5.30. The van der Waals surface area contributed by atoms with E-state index in [4.69, 9.17) is 0 Å². The minimum atomic E-state index is 0.500. The molecule has 1 aromatic carbocycles. The smallest absolute Gasteiger partial charge is 0.00794 e. The van der Waals surface area contributed by atoms with E-state index < -0.39 is 0 Å². The van der Waals surface area contributed by atoms with Gasteiger partial charge in [-0.25, -0.2) is 0 Å². The Morgan fingerprint density at radius 1 is 1.20 bits per heavy atom. The van der Waals surface area contributed by atoms with E-state index in [1.54, 1.807) is 0 Å². The summed E-state index contributed by atoms with van der Waals surface area (Å²) in [6.45, 7) is 2.26. The van der Waals surface area contributed by atoms with Gasteiger partial charge in [-0.1, -0.05) is 43.3 Å². The van der Waals surface area contributed by atoms with Gasteiger partial charge in [0.05, 0.1) is 0 Å². The van der Waals surface area contributed by atoms with E-state index in [2.05, 4.69) is 55.1 Å². The predicted molar refractivity (Wildman–Crippen MR) is 63.6 cm³/mol. The summed E-state index contributed by atoms with van der Waals surface area (Å²) in [6, 6.07) is 8.65. The van der Waals surface area contributed by atoms with Crippen molar-refractivity contribution in [2.75, 3.05) is 0 Å². The normalized spacial score (nSPS) is 21.5. The number of rotatable bonds is 0. The molecule has 0 N–H and O–H groups in total. The molecule has 0 spiro atoms. The maximum absolute atomic E-state index is 3.19. The number of allylic oxidation sites excluding steroid dienone is 5. The molecule has 0 fully saturated rings. The first kappa shape index (κ1) is 8.52. The van der Waals surface area contributed by atoms with Crippen molar-refractivity contribution in [1.29, 1.82) is 0 Å². The zero-order chi connectivity index (χ0) is 10.3. The lowest BCUT2D eigenvalue weighted by Gasteiger charge is -2.05. The molecule has 2 aliphatic carbocycles. The summed E-state index contributed by atoms with van der Waals surface area (Å²) >= 11 is 0. The van der Waals surface area contributed by atoms with Gasteiger partial charge in [0.15, 0.2) is 0 Å². The van der Waals surface area contributed by atoms with Crippen LogP contribution in [0.1, 0.15) is 24.0 Å². The van der Waals surface area contributed by atoms with E-state index in [9.17, 15) is 0 Å². The molecule has 1 atom stereocenters. The molecule has 15 heavy (non-hydrogen) atoms. The zero-order valence-electron chi connectivity index (χ0n) is 8.70. The largest absolute Gasteiger partial charge is 0.120 e. The van der Waals surface area contributed by atoms with Gasteiger partial charge in [0.25, 0.3) is 0 Å². The Bertz CT molecular complexity index is 535. The van der Waals surface area contributed by atoms with Crippen LogP contribution < -0.4 is 0 Å². The molecule has 0 amide bonds. The van der Waals surface area contributed by atoms with E-state index >= 15 is 0 Å². The first-order chi connectivity index (χ1) is 7.38. The van der Waals surface area contributed by atoms with Gasteiger partial charge in [0, 0.05) is 5.92 Å². The second-order valence-electron chi connectivity index (χ2n) is 4.01. The van der Waals surface area contributed by atoms with E-state index in [-0.39, 0.29) is 0 Å². The van der Waals surface area contributed by atoms with Crippen molar-refractivity contribution in [3.8, 4) is 0 Å². The lowest BCUT2D eigenvalue weighted by atomic mass is 9.98. The van der Waals surface area contributed by atoms with Crippen molar-refractivity contribution in [1.82, 2.24) is 0 Å². The molecule has 0 heterocycles. The summed E-state index contributed by atoms with van der Waals surface area (Å²) in [4.78, 5) is 0. The Hall–Kier alpha value is -1.78. The van der Waals surface area contributed by atoms with Crippen LogP contribution in [0.5, 0.6) is 0 Å². The van der Waals surface area contributed by atoms with Gasteiger partial charge in [-0.3, -0.25) is 0 Å². The third-order valence-electron chi connectivity index (χ3n) is 3.19. The van der Waals surface area contributed by atoms with Crippen LogP contribution in [0.25, 0.3) is 5.57 Å². The average molecular weight is 192 g/mol. The molecular weight excluding hydrogens is 180 g/mol. The molecule has 1 unspecified atom stereocenters. The van der Waals surface area contributed by atoms with Gasteiger partial charge < -0.3 is 0 Å². The quantitative estimate of drug-likeness (QED) is 0.548.